The Bertz CT molecular complexity index is 556. The van der Waals surface area contributed by atoms with Crippen molar-refractivity contribution in [1.29, 1.82) is 0 Å². The summed E-state index contributed by atoms with van der Waals surface area (Å²) in [5.74, 6) is -0.292. The third-order valence-corrected chi connectivity index (χ3v) is 4.03. The normalized spacial score (nSPS) is 26.5. The van der Waals surface area contributed by atoms with Crippen molar-refractivity contribution in [3.8, 4) is 0 Å². The molecule has 2 saturated heterocycles. The van der Waals surface area contributed by atoms with Crippen LogP contribution in [0.2, 0.25) is 0 Å². The van der Waals surface area contributed by atoms with Crippen LogP contribution < -0.4 is 10.6 Å². The fourth-order valence-corrected chi connectivity index (χ4v) is 3.02. The second-order valence-corrected chi connectivity index (χ2v) is 6.81. The molecule has 3 atom stereocenters. The molecule has 1 aromatic rings. The molecule has 0 aromatic heterocycles. The number of carbonyl (C=O) groups is 1. The molecule has 0 saturated carbocycles. The van der Waals surface area contributed by atoms with Crippen molar-refractivity contribution in [3.05, 3.63) is 29.8 Å². The molecule has 5 nitrogen and oxygen atoms in total. The van der Waals surface area contributed by atoms with E-state index < -0.39 is 5.67 Å². The highest BCUT2D eigenvalue weighted by Crippen LogP contribution is 2.36. The van der Waals surface area contributed by atoms with Crippen molar-refractivity contribution >= 4 is 11.6 Å². The first-order valence-corrected chi connectivity index (χ1v) is 7.96. The van der Waals surface area contributed by atoms with Crippen LogP contribution >= 0.6 is 0 Å². The van der Waals surface area contributed by atoms with Crippen LogP contribution in [0.5, 0.6) is 0 Å². The zero-order valence-corrected chi connectivity index (χ0v) is 13.5. The van der Waals surface area contributed by atoms with Gasteiger partial charge in [0.05, 0.1) is 18.8 Å². The van der Waals surface area contributed by atoms with Gasteiger partial charge in [-0.25, -0.2) is 4.39 Å². The predicted molar refractivity (Wildman–Crippen MR) is 85.1 cm³/mol. The van der Waals surface area contributed by atoms with Gasteiger partial charge >= 0.3 is 0 Å². The smallest absolute Gasteiger partial charge is 0.250 e. The number of nitrogens with one attached hydrogen (secondary N) is 2. The Morgan fingerprint density at radius 2 is 2.17 bits per heavy atom. The maximum absolute atomic E-state index is 13.2. The van der Waals surface area contributed by atoms with E-state index in [1.165, 1.54) is 13.8 Å². The first kappa shape index (κ1) is 16.4. The van der Waals surface area contributed by atoms with E-state index in [2.05, 4.69) is 10.6 Å². The molecular formula is C17H23FN2O3. The average Bonchev–Trinajstić information content (AvgIpc) is 3.09. The van der Waals surface area contributed by atoms with Crippen LogP contribution in [0.3, 0.4) is 0 Å². The molecule has 2 aliphatic heterocycles. The van der Waals surface area contributed by atoms with Crippen LogP contribution in [-0.2, 0) is 14.3 Å². The predicted octanol–water partition coefficient (Wildman–Crippen LogP) is 2.19. The van der Waals surface area contributed by atoms with E-state index in [-0.39, 0.29) is 25.2 Å². The van der Waals surface area contributed by atoms with Crippen LogP contribution in [0.15, 0.2) is 24.3 Å². The van der Waals surface area contributed by atoms with Crippen LogP contribution in [0.25, 0.3) is 0 Å². The molecule has 0 spiro atoms. The summed E-state index contributed by atoms with van der Waals surface area (Å²) in [6.45, 7) is 3.50. The molecular weight excluding hydrogens is 299 g/mol. The molecule has 2 fully saturated rings. The minimum absolute atomic E-state index is 0.0913. The number of anilines is 1. The molecule has 2 aliphatic rings. The summed E-state index contributed by atoms with van der Waals surface area (Å²) in [5.41, 5.74) is 0.368. The quantitative estimate of drug-likeness (QED) is 0.843. The Labute approximate surface area is 135 Å². The summed E-state index contributed by atoms with van der Waals surface area (Å²) < 4.78 is 24.3. The molecule has 0 aliphatic carbocycles. The molecule has 23 heavy (non-hydrogen) atoms. The maximum atomic E-state index is 13.2. The Hall–Kier alpha value is -1.50. The van der Waals surface area contributed by atoms with Crippen molar-refractivity contribution in [2.45, 2.75) is 44.2 Å². The summed E-state index contributed by atoms with van der Waals surface area (Å²) in [7, 11) is 0. The van der Waals surface area contributed by atoms with Gasteiger partial charge in [0.25, 0.3) is 0 Å². The van der Waals surface area contributed by atoms with Gasteiger partial charge in [0.1, 0.15) is 12.3 Å². The average molecular weight is 322 g/mol. The number of alkyl halides is 1. The van der Waals surface area contributed by atoms with E-state index in [0.717, 1.165) is 18.5 Å². The lowest BCUT2D eigenvalue weighted by Crippen LogP contribution is -2.33. The molecule has 2 heterocycles. The number of fused-ring (bicyclic) bond motifs is 2. The van der Waals surface area contributed by atoms with Gasteiger partial charge in [0.2, 0.25) is 5.91 Å². The number of ether oxygens (including phenoxy) is 2. The fourth-order valence-electron chi connectivity index (χ4n) is 3.02. The van der Waals surface area contributed by atoms with Crippen LogP contribution in [0.4, 0.5) is 10.1 Å². The van der Waals surface area contributed by atoms with Gasteiger partial charge in [0, 0.05) is 18.3 Å². The lowest BCUT2D eigenvalue weighted by Gasteiger charge is -2.23. The number of hydrogen-bond donors (Lipinski definition) is 2. The Morgan fingerprint density at radius 3 is 2.74 bits per heavy atom. The number of carbonyl (C=O) groups excluding carboxylic acids is 1. The standard InChI is InChI=1S/C17H23FN2O3/c1-17(2,18)10-22-9-15(21)20-12-5-3-11(4-6-12)16-14-7-13(23-16)8-19-14/h3-6,13-14,16,19H,7-10H2,1-2H3,(H,20,21)/t13-,14-,16+/m0/s1. The van der Waals surface area contributed by atoms with E-state index in [4.69, 9.17) is 9.47 Å². The second-order valence-electron chi connectivity index (χ2n) is 6.81. The van der Waals surface area contributed by atoms with Gasteiger partial charge < -0.3 is 20.1 Å². The van der Waals surface area contributed by atoms with Crippen LogP contribution in [0, 0.1) is 0 Å². The molecule has 2 N–H and O–H groups in total. The summed E-state index contributed by atoms with van der Waals surface area (Å²) in [6, 6.07) is 8.02. The maximum Gasteiger partial charge on any atom is 0.250 e. The van der Waals surface area contributed by atoms with Crippen LogP contribution in [-0.4, -0.2) is 43.5 Å². The van der Waals surface area contributed by atoms with Crippen molar-refractivity contribution < 1.29 is 18.7 Å². The SMILES string of the molecule is CC(C)(F)COCC(=O)Nc1ccc([C@H]2O[C@@H]3CN[C@H]2C3)cc1. The molecule has 0 radical (unpaired) electrons. The van der Waals surface area contributed by atoms with E-state index in [9.17, 15) is 9.18 Å². The molecule has 126 valence electrons. The lowest BCUT2D eigenvalue weighted by atomic mass is 10.0. The molecule has 1 amide bonds. The minimum Gasteiger partial charge on any atom is -0.368 e. The van der Waals surface area contributed by atoms with E-state index >= 15 is 0 Å². The highest BCUT2D eigenvalue weighted by molar-refractivity contribution is 5.91. The summed E-state index contributed by atoms with van der Waals surface area (Å²) in [5, 5.41) is 6.18. The number of amides is 1. The summed E-state index contributed by atoms with van der Waals surface area (Å²) in [4.78, 5) is 11.8. The van der Waals surface area contributed by atoms with Gasteiger partial charge in [-0.1, -0.05) is 12.1 Å². The largest absolute Gasteiger partial charge is 0.368 e. The van der Waals surface area contributed by atoms with Crippen LogP contribution in [0.1, 0.15) is 31.9 Å². The third kappa shape index (κ3) is 4.28. The Morgan fingerprint density at radius 1 is 1.43 bits per heavy atom. The van der Waals surface area contributed by atoms with E-state index in [0.29, 0.717) is 17.8 Å². The highest BCUT2D eigenvalue weighted by Gasteiger charge is 2.41. The van der Waals surface area contributed by atoms with Crippen molar-refractivity contribution in [2.75, 3.05) is 25.1 Å². The second kappa shape index (κ2) is 6.55. The highest BCUT2D eigenvalue weighted by atomic mass is 19.1. The molecule has 0 unspecified atom stereocenters. The van der Waals surface area contributed by atoms with Gasteiger partial charge in [-0.3, -0.25) is 4.79 Å². The summed E-state index contributed by atoms with van der Waals surface area (Å²) in [6.07, 6.45) is 1.47. The Balaban J connectivity index is 1.49. The third-order valence-electron chi connectivity index (χ3n) is 4.03. The van der Waals surface area contributed by atoms with Crippen molar-refractivity contribution in [1.82, 2.24) is 5.32 Å². The Kier molecular flexibility index (Phi) is 4.66. The number of rotatable bonds is 6. The first-order chi connectivity index (χ1) is 10.9. The zero-order chi connectivity index (χ0) is 16.4. The van der Waals surface area contributed by atoms with Gasteiger partial charge in [-0.05, 0) is 38.0 Å². The molecule has 3 rings (SSSR count). The number of morpholine rings is 1. The zero-order valence-electron chi connectivity index (χ0n) is 13.5. The lowest BCUT2D eigenvalue weighted by molar-refractivity contribution is -0.121. The number of hydrogen-bond acceptors (Lipinski definition) is 4. The number of benzene rings is 1. The molecule has 2 bridgehead atoms. The fraction of sp³-hybridized carbons (Fsp3) is 0.588. The van der Waals surface area contributed by atoms with E-state index in [1.54, 1.807) is 0 Å². The van der Waals surface area contributed by atoms with Gasteiger partial charge in [-0.2, -0.15) is 0 Å². The first-order valence-electron chi connectivity index (χ1n) is 7.96. The van der Waals surface area contributed by atoms with Crippen molar-refractivity contribution in [3.63, 3.8) is 0 Å². The molecule has 1 aromatic carbocycles. The molecule has 6 heteroatoms. The van der Waals surface area contributed by atoms with E-state index in [1.807, 2.05) is 24.3 Å². The summed E-state index contributed by atoms with van der Waals surface area (Å²) >= 11 is 0. The minimum atomic E-state index is -1.43. The number of halogens is 1. The topological polar surface area (TPSA) is 59.6 Å². The van der Waals surface area contributed by atoms with Gasteiger partial charge in [-0.15, -0.1) is 0 Å². The van der Waals surface area contributed by atoms with Crippen molar-refractivity contribution in [2.24, 2.45) is 0 Å². The van der Waals surface area contributed by atoms with Gasteiger partial charge in [0.15, 0.2) is 0 Å². The monoisotopic (exact) mass is 322 g/mol.